The number of hydrogen-bond donors (Lipinski definition) is 1. The third-order valence-electron chi connectivity index (χ3n) is 3.63. The van der Waals surface area contributed by atoms with Gasteiger partial charge in [0, 0.05) is 19.3 Å². The van der Waals surface area contributed by atoms with E-state index in [0.29, 0.717) is 17.2 Å². The minimum Gasteiger partial charge on any atom is -0.494 e. The molecule has 1 amide bonds. The van der Waals surface area contributed by atoms with E-state index in [1.165, 1.54) is 0 Å². The molecule has 0 aliphatic carbocycles. The molecule has 1 aliphatic heterocycles. The number of carbonyl (C=O) groups is 1. The number of aromatic nitrogens is 1. The second-order valence-electron chi connectivity index (χ2n) is 4.87. The average Bonchev–Trinajstić information content (AvgIpc) is 2.47. The Morgan fingerprint density at radius 2 is 2.26 bits per heavy atom. The molecule has 2 heterocycles. The summed E-state index contributed by atoms with van der Waals surface area (Å²) in [5, 5.41) is 3.20. The van der Waals surface area contributed by atoms with Crippen LogP contribution in [0.15, 0.2) is 18.5 Å². The van der Waals surface area contributed by atoms with Gasteiger partial charge in [-0.25, -0.2) is 0 Å². The molecule has 2 rings (SSSR count). The minimum atomic E-state index is 0.0437. The summed E-state index contributed by atoms with van der Waals surface area (Å²) in [4.78, 5) is 18.3. The molecule has 0 atom stereocenters. The fourth-order valence-corrected chi connectivity index (χ4v) is 2.52. The Hall–Kier alpha value is -1.62. The van der Waals surface area contributed by atoms with Gasteiger partial charge in [0.15, 0.2) is 0 Å². The molecule has 19 heavy (non-hydrogen) atoms. The van der Waals surface area contributed by atoms with E-state index in [0.717, 1.165) is 32.5 Å². The number of ether oxygens (including phenoxy) is 1. The first-order chi connectivity index (χ1) is 9.26. The molecule has 0 spiro atoms. The lowest BCUT2D eigenvalue weighted by atomic mass is 9.96. The number of amides is 1. The lowest BCUT2D eigenvalue weighted by Crippen LogP contribution is -2.40. The number of methoxy groups -OCH3 is 1. The second kappa shape index (κ2) is 6.52. The van der Waals surface area contributed by atoms with Gasteiger partial charge >= 0.3 is 0 Å². The van der Waals surface area contributed by atoms with Gasteiger partial charge in [-0.2, -0.15) is 0 Å². The quantitative estimate of drug-likeness (QED) is 0.885. The van der Waals surface area contributed by atoms with Crippen LogP contribution in [0.3, 0.4) is 0 Å². The molecule has 1 aromatic heterocycles. The fraction of sp³-hybridized carbons (Fsp3) is 0.571. The normalized spacial score (nSPS) is 16.4. The van der Waals surface area contributed by atoms with Gasteiger partial charge in [-0.05, 0) is 38.4 Å². The largest absolute Gasteiger partial charge is 0.494 e. The van der Waals surface area contributed by atoms with Gasteiger partial charge < -0.3 is 15.0 Å². The van der Waals surface area contributed by atoms with Crippen LogP contribution in [-0.2, 0) is 0 Å². The molecule has 0 bridgehead atoms. The standard InChI is InChI=1S/C14H21N3O2/c1-15-9-11-4-7-17(8-5-11)14(18)12-3-6-16-10-13(12)19-2/h3,6,10-11,15H,4-5,7-9H2,1-2H3. The molecule has 1 saturated heterocycles. The Kier molecular flexibility index (Phi) is 4.74. The molecular weight excluding hydrogens is 242 g/mol. The first kappa shape index (κ1) is 13.8. The number of piperidine rings is 1. The lowest BCUT2D eigenvalue weighted by Gasteiger charge is -2.32. The Morgan fingerprint density at radius 3 is 2.89 bits per heavy atom. The predicted octanol–water partition coefficient (Wildman–Crippen LogP) is 1.16. The van der Waals surface area contributed by atoms with E-state index in [-0.39, 0.29) is 5.91 Å². The van der Waals surface area contributed by atoms with E-state index < -0.39 is 0 Å². The molecule has 1 aromatic rings. The number of nitrogens with one attached hydrogen (secondary N) is 1. The highest BCUT2D eigenvalue weighted by Crippen LogP contribution is 2.22. The van der Waals surface area contributed by atoms with Gasteiger partial charge in [0.1, 0.15) is 5.75 Å². The molecule has 1 aliphatic rings. The third-order valence-corrected chi connectivity index (χ3v) is 3.63. The highest BCUT2D eigenvalue weighted by molar-refractivity contribution is 5.96. The van der Waals surface area contributed by atoms with Crippen molar-refractivity contribution < 1.29 is 9.53 Å². The third kappa shape index (κ3) is 3.23. The van der Waals surface area contributed by atoms with Crippen LogP contribution in [0.2, 0.25) is 0 Å². The molecule has 5 heteroatoms. The number of rotatable bonds is 4. The first-order valence-electron chi connectivity index (χ1n) is 6.68. The molecule has 0 saturated carbocycles. The zero-order chi connectivity index (χ0) is 13.7. The van der Waals surface area contributed by atoms with E-state index in [2.05, 4.69) is 10.3 Å². The van der Waals surface area contributed by atoms with Gasteiger partial charge in [-0.15, -0.1) is 0 Å². The van der Waals surface area contributed by atoms with E-state index in [1.54, 1.807) is 25.6 Å². The van der Waals surface area contributed by atoms with Crippen LogP contribution < -0.4 is 10.1 Å². The minimum absolute atomic E-state index is 0.0437. The van der Waals surface area contributed by atoms with Crippen molar-refractivity contribution >= 4 is 5.91 Å². The van der Waals surface area contributed by atoms with Gasteiger partial charge in [0.2, 0.25) is 0 Å². The summed E-state index contributed by atoms with van der Waals surface area (Å²) in [6.07, 6.45) is 5.32. The first-order valence-corrected chi connectivity index (χ1v) is 6.68. The summed E-state index contributed by atoms with van der Waals surface area (Å²) < 4.78 is 5.20. The Morgan fingerprint density at radius 1 is 1.53 bits per heavy atom. The number of nitrogens with zero attached hydrogens (tertiary/aromatic N) is 2. The van der Waals surface area contributed by atoms with Crippen molar-refractivity contribution in [3.63, 3.8) is 0 Å². The van der Waals surface area contributed by atoms with Crippen molar-refractivity contribution in [3.05, 3.63) is 24.0 Å². The van der Waals surface area contributed by atoms with Crippen LogP contribution in [0.25, 0.3) is 0 Å². The maximum atomic E-state index is 12.4. The van der Waals surface area contributed by atoms with E-state index >= 15 is 0 Å². The summed E-state index contributed by atoms with van der Waals surface area (Å²) in [5.74, 6) is 1.26. The van der Waals surface area contributed by atoms with Crippen molar-refractivity contribution in [3.8, 4) is 5.75 Å². The van der Waals surface area contributed by atoms with Crippen molar-refractivity contribution in [1.29, 1.82) is 0 Å². The number of pyridine rings is 1. The summed E-state index contributed by atoms with van der Waals surface area (Å²) in [6, 6.07) is 1.72. The van der Waals surface area contributed by atoms with Gasteiger partial charge in [-0.3, -0.25) is 9.78 Å². The van der Waals surface area contributed by atoms with Crippen LogP contribution in [0.5, 0.6) is 5.75 Å². The summed E-state index contributed by atoms with van der Waals surface area (Å²) in [6.45, 7) is 2.66. The van der Waals surface area contributed by atoms with E-state index in [4.69, 9.17) is 4.74 Å². The number of carbonyl (C=O) groups excluding carboxylic acids is 1. The molecule has 104 valence electrons. The molecule has 0 aromatic carbocycles. The van der Waals surface area contributed by atoms with Crippen molar-refractivity contribution in [2.45, 2.75) is 12.8 Å². The van der Waals surface area contributed by atoms with Crippen LogP contribution in [0, 0.1) is 5.92 Å². The summed E-state index contributed by atoms with van der Waals surface area (Å²) in [7, 11) is 3.53. The number of likely N-dealkylation sites (tertiary alicyclic amines) is 1. The molecular formula is C14H21N3O2. The highest BCUT2D eigenvalue weighted by Gasteiger charge is 2.24. The second-order valence-corrected chi connectivity index (χ2v) is 4.87. The highest BCUT2D eigenvalue weighted by atomic mass is 16.5. The average molecular weight is 263 g/mol. The van der Waals surface area contributed by atoms with Crippen LogP contribution in [0.1, 0.15) is 23.2 Å². The van der Waals surface area contributed by atoms with E-state index in [9.17, 15) is 4.79 Å². The summed E-state index contributed by atoms with van der Waals surface area (Å²) in [5.41, 5.74) is 0.601. The molecule has 0 unspecified atom stereocenters. The monoisotopic (exact) mass is 263 g/mol. The SMILES string of the molecule is CNCC1CCN(C(=O)c2ccncc2OC)CC1. The maximum Gasteiger partial charge on any atom is 0.257 e. The Labute approximate surface area is 114 Å². The van der Waals surface area contributed by atoms with Crippen LogP contribution in [-0.4, -0.2) is 49.6 Å². The fourth-order valence-electron chi connectivity index (χ4n) is 2.52. The Bertz CT molecular complexity index is 428. The maximum absolute atomic E-state index is 12.4. The van der Waals surface area contributed by atoms with Gasteiger partial charge in [-0.1, -0.05) is 0 Å². The zero-order valence-electron chi connectivity index (χ0n) is 11.6. The molecule has 0 radical (unpaired) electrons. The van der Waals surface area contributed by atoms with Crippen molar-refractivity contribution in [2.24, 2.45) is 5.92 Å². The predicted molar refractivity (Wildman–Crippen MR) is 73.3 cm³/mol. The molecule has 1 N–H and O–H groups in total. The lowest BCUT2D eigenvalue weighted by molar-refractivity contribution is 0.0687. The zero-order valence-corrected chi connectivity index (χ0v) is 11.6. The van der Waals surface area contributed by atoms with Crippen LogP contribution in [0.4, 0.5) is 0 Å². The van der Waals surface area contributed by atoms with Gasteiger partial charge in [0.25, 0.3) is 5.91 Å². The summed E-state index contributed by atoms with van der Waals surface area (Å²) >= 11 is 0. The molecule has 1 fully saturated rings. The topological polar surface area (TPSA) is 54.5 Å². The van der Waals surface area contributed by atoms with Crippen molar-refractivity contribution in [2.75, 3.05) is 33.8 Å². The molecule has 5 nitrogen and oxygen atoms in total. The smallest absolute Gasteiger partial charge is 0.257 e. The van der Waals surface area contributed by atoms with E-state index in [1.807, 2.05) is 11.9 Å². The number of hydrogen-bond acceptors (Lipinski definition) is 4. The van der Waals surface area contributed by atoms with Crippen LogP contribution >= 0.6 is 0 Å². The van der Waals surface area contributed by atoms with Crippen molar-refractivity contribution in [1.82, 2.24) is 15.2 Å². The van der Waals surface area contributed by atoms with Gasteiger partial charge in [0.05, 0.1) is 18.9 Å². The Balaban J connectivity index is 2.01.